The Balaban J connectivity index is 1.39. The van der Waals surface area contributed by atoms with E-state index in [1.165, 1.54) is 17.9 Å². The van der Waals surface area contributed by atoms with E-state index in [2.05, 4.69) is 10.2 Å². The molecule has 3 fully saturated rings. The van der Waals surface area contributed by atoms with Gasteiger partial charge in [-0.1, -0.05) is 0 Å². The molecule has 1 atom stereocenters. The number of thioether (sulfide) groups is 1. The summed E-state index contributed by atoms with van der Waals surface area (Å²) in [6.07, 6.45) is 0.815. The molecule has 9 heteroatoms. The van der Waals surface area contributed by atoms with Crippen LogP contribution in [0, 0.1) is 5.82 Å². The maximum absolute atomic E-state index is 14.9. The lowest BCUT2D eigenvalue weighted by atomic mass is 9.92. The topological polar surface area (TPSA) is 71.1 Å². The Morgan fingerprint density at radius 3 is 2.83 bits per heavy atom. The highest BCUT2D eigenvalue weighted by atomic mass is 32.2. The van der Waals surface area contributed by atoms with Gasteiger partial charge in [-0.05, 0) is 31.0 Å². The second-order valence-corrected chi connectivity index (χ2v) is 8.87. The molecule has 4 rings (SSSR count). The minimum atomic E-state index is -0.528. The van der Waals surface area contributed by atoms with Gasteiger partial charge in [0.05, 0.1) is 36.7 Å². The van der Waals surface area contributed by atoms with Gasteiger partial charge in [0.2, 0.25) is 5.91 Å². The van der Waals surface area contributed by atoms with Crippen molar-refractivity contribution in [1.82, 2.24) is 5.32 Å². The fourth-order valence-corrected chi connectivity index (χ4v) is 5.17. The van der Waals surface area contributed by atoms with Crippen molar-refractivity contribution >= 4 is 35.1 Å². The smallest absolute Gasteiger partial charge is 0.414 e. The van der Waals surface area contributed by atoms with Crippen LogP contribution in [0.4, 0.5) is 20.6 Å². The van der Waals surface area contributed by atoms with Crippen molar-refractivity contribution < 1.29 is 23.5 Å². The minimum Gasteiger partial charge on any atom is -0.442 e. The Kier molecular flexibility index (Phi) is 5.87. The van der Waals surface area contributed by atoms with Crippen LogP contribution in [-0.4, -0.2) is 68.0 Å². The highest BCUT2D eigenvalue weighted by Crippen LogP contribution is 2.36. The highest BCUT2D eigenvalue weighted by Gasteiger charge is 2.38. The number of halogens is 1. The Labute approximate surface area is 173 Å². The molecule has 3 heterocycles. The van der Waals surface area contributed by atoms with Gasteiger partial charge in [-0.25, -0.2) is 9.18 Å². The number of hydrogen-bond donors (Lipinski definition) is 1. The largest absolute Gasteiger partial charge is 0.442 e. The molecule has 1 unspecified atom stereocenters. The van der Waals surface area contributed by atoms with Crippen molar-refractivity contribution in [3.05, 3.63) is 24.0 Å². The molecule has 0 aromatic heterocycles. The van der Waals surface area contributed by atoms with Crippen LogP contribution in [0.3, 0.4) is 0 Å². The Bertz CT molecular complexity index is 777. The third kappa shape index (κ3) is 4.45. The number of carbonyl (C=O) groups is 2. The first-order valence-corrected chi connectivity index (χ1v) is 11.1. The van der Waals surface area contributed by atoms with Crippen molar-refractivity contribution in [3.63, 3.8) is 0 Å². The quantitative estimate of drug-likeness (QED) is 0.802. The lowest BCUT2D eigenvalue weighted by Gasteiger charge is -2.44. The van der Waals surface area contributed by atoms with Crippen molar-refractivity contribution in [3.8, 4) is 0 Å². The third-order valence-corrected chi connectivity index (χ3v) is 6.90. The highest BCUT2D eigenvalue weighted by molar-refractivity contribution is 7.99. The van der Waals surface area contributed by atoms with Gasteiger partial charge in [0.1, 0.15) is 11.9 Å². The maximum atomic E-state index is 14.9. The Morgan fingerprint density at radius 2 is 2.17 bits per heavy atom. The van der Waals surface area contributed by atoms with E-state index < -0.39 is 12.2 Å². The molecule has 3 aliphatic rings. The minimum absolute atomic E-state index is 0.0575. The van der Waals surface area contributed by atoms with Crippen LogP contribution in [0.15, 0.2) is 18.2 Å². The zero-order valence-electron chi connectivity index (χ0n) is 16.5. The summed E-state index contributed by atoms with van der Waals surface area (Å²) in [4.78, 5) is 26.6. The van der Waals surface area contributed by atoms with E-state index in [4.69, 9.17) is 9.47 Å². The lowest BCUT2D eigenvalue weighted by molar-refractivity contribution is -0.119. The average Bonchev–Trinajstić information content (AvgIpc) is 3.09. The molecule has 0 saturated carbocycles. The molecule has 2 amide bonds. The first-order valence-electron chi connectivity index (χ1n) is 9.95. The summed E-state index contributed by atoms with van der Waals surface area (Å²) in [5.74, 6) is 1.52. The van der Waals surface area contributed by atoms with Crippen molar-refractivity contribution in [2.24, 2.45) is 0 Å². The van der Waals surface area contributed by atoms with Gasteiger partial charge < -0.3 is 19.7 Å². The monoisotopic (exact) mass is 423 g/mol. The number of anilines is 2. The summed E-state index contributed by atoms with van der Waals surface area (Å²) in [5, 5.41) is 2.63. The second kappa shape index (κ2) is 8.39. The maximum Gasteiger partial charge on any atom is 0.414 e. The number of ether oxygens (including phenoxy) is 2. The van der Waals surface area contributed by atoms with Crippen LogP contribution in [-0.2, 0) is 14.3 Å². The van der Waals surface area contributed by atoms with Crippen LogP contribution >= 0.6 is 11.8 Å². The van der Waals surface area contributed by atoms with Gasteiger partial charge in [0.25, 0.3) is 0 Å². The zero-order chi connectivity index (χ0) is 20.4. The molecule has 29 heavy (non-hydrogen) atoms. The zero-order valence-corrected chi connectivity index (χ0v) is 17.3. The number of hydrogen-bond acceptors (Lipinski definition) is 6. The van der Waals surface area contributed by atoms with Crippen LogP contribution in [0.5, 0.6) is 0 Å². The third-order valence-electron chi connectivity index (χ3n) is 5.71. The molecular formula is C20H26FN3O4S. The number of benzene rings is 1. The van der Waals surface area contributed by atoms with E-state index in [1.54, 1.807) is 12.1 Å². The predicted octanol–water partition coefficient (Wildman–Crippen LogP) is 2.39. The number of amides is 2. The van der Waals surface area contributed by atoms with Gasteiger partial charge >= 0.3 is 6.09 Å². The summed E-state index contributed by atoms with van der Waals surface area (Å²) >= 11 is 1.93. The Hall–Kier alpha value is -2.00. The molecule has 0 aliphatic carbocycles. The number of nitrogens with zero attached hydrogens (tertiary/aromatic N) is 2. The van der Waals surface area contributed by atoms with Gasteiger partial charge in [-0.3, -0.25) is 9.69 Å². The molecule has 3 saturated heterocycles. The van der Waals surface area contributed by atoms with Crippen molar-refractivity contribution in [2.45, 2.75) is 31.5 Å². The molecule has 1 N–H and O–H groups in total. The van der Waals surface area contributed by atoms with Crippen molar-refractivity contribution in [2.75, 3.05) is 54.1 Å². The van der Waals surface area contributed by atoms with Crippen molar-refractivity contribution in [1.29, 1.82) is 0 Å². The van der Waals surface area contributed by atoms with Gasteiger partial charge in [0.15, 0.2) is 0 Å². The number of rotatable bonds is 4. The first kappa shape index (κ1) is 20.3. The van der Waals surface area contributed by atoms with Crippen LogP contribution in [0.25, 0.3) is 0 Å². The van der Waals surface area contributed by atoms with Crippen LogP contribution in [0.2, 0.25) is 0 Å². The van der Waals surface area contributed by atoms with Gasteiger partial charge in [0, 0.05) is 31.5 Å². The summed E-state index contributed by atoms with van der Waals surface area (Å²) in [7, 11) is 0. The molecule has 1 spiro atoms. The summed E-state index contributed by atoms with van der Waals surface area (Å²) in [6.45, 7) is 4.22. The summed E-state index contributed by atoms with van der Waals surface area (Å²) < 4.78 is 26.2. The number of carbonyl (C=O) groups excluding carboxylic acids is 2. The molecule has 0 radical (unpaired) electrons. The molecule has 0 bridgehead atoms. The molecule has 1 aromatic carbocycles. The number of cyclic esters (lactones) is 1. The molecule has 3 aliphatic heterocycles. The number of nitrogens with one attached hydrogen (secondary N) is 1. The molecule has 158 valence electrons. The second-order valence-electron chi connectivity index (χ2n) is 7.76. The van der Waals surface area contributed by atoms with E-state index in [0.29, 0.717) is 11.4 Å². The van der Waals surface area contributed by atoms with E-state index in [0.717, 1.165) is 44.0 Å². The summed E-state index contributed by atoms with van der Waals surface area (Å²) in [5.41, 5.74) is 0.953. The Morgan fingerprint density at radius 1 is 1.38 bits per heavy atom. The van der Waals surface area contributed by atoms with Gasteiger partial charge in [-0.15, -0.1) is 0 Å². The summed E-state index contributed by atoms with van der Waals surface area (Å²) in [6, 6.07) is 4.86. The molecule has 1 aromatic rings. The van der Waals surface area contributed by atoms with E-state index in [-0.39, 0.29) is 30.4 Å². The van der Waals surface area contributed by atoms with Crippen LogP contribution < -0.4 is 15.1 Å². The lowest BCUT2D eigenvalue weighted by Crippen LogP contribution is -2.50. The average molecular weight is 424 g/mol. The molecular weight excluding hydrogens is 397 g/mol. The first-order chi connectivity index (χ1) is 14.0. The van der Waals surface area contributed by atoms with Gasteiger partial charge in [-0.2, -0.15) is 11.8 Å². The normalized spacial score (nSPS) is 23.9. The van der Waals surface area contributed by atoms with E-state index in [1.807, 2.05) is 11.8 Å². The van der Waals surface area contributed by atoms with Crippen LogP contribution in [0.1, 0.15) is 19.8 Å². The standard InChI is InChI=1S/C20H26FN3O4S/c1-14(25)22-11-16-12-24(19(26)28-16)15-2-3-18(17(21)10-15)23-6-4-20(5-7-23)13-29-9-8-27-20/h2-3,10,16H,4-9,11-13H2,1H3,(H,22,25). The SMILES string of the molecule is CC(=O)NCC1CN(c2ccc(N3CCC4(CC3)CSCCO4)c(F)c2)C(=O)O1. The van der Waals surface area contributed by atoms with E-state index >= 15 is 0 Å². The fraction of sp³-hybridized carbons (Fsp3) is 0.600. The van der Waals surface area contributed by atoms with E-state index in [9.17, 15) is 14.0 Å². The molecule has 7 nitrogen and oxygen atoms in total. The predicted molar refractivity (Wildman–Crippen MR) is 110 cm³/mol. The number of piperidine rings is 1. The fourth-order valence-electron chi connectivity index (χ4n) is 4.08.